The van der Waals surface area contributed by atoms with Crippen molar-refractivity contribution in [1.29, 1.82) is 0 Å². The standard InChI is InChI=1S/C28H31N5O4/c1-31(2)28(8-9-28)27(36)33-12-10-32(11-13-33)26(35)22-16-18(15-19-7-14-37-24(19)22)17-23-20-5-3-4-6-21(20)25(34)30-29-23/h3-6,15-16H,7-14,17H2,1-2H3,(H,30,34). The van der Waals surface area contributed by atoms with E-state index >= 15 is 0 Å². The topological polar surface area (TPSA) is 98.8 Å². The van der Waals surface area contributed by atoms with Gasteiger partial charge in [-0.1, -0.05) is 24.3 Å². The molecule has 2 aliphatic heterocycles. The minimum atomic E-state index is -0.352. The fraction of sp³-hybridized carbons (Fsp3) is 0.429. The van der Waals surface area contributed by atoms with Crippen molar-refractivity contribution in [3.63, 3.8) is 0 Å². The van der Waals surface area contributed by atoms with Crippen molar-refractivity contribution >= 4 is 22.6 Å². The zero-order valence-electron chi connectivity index (χ0n) is 21.2. The molecule has 6 rings (SSSR count). The molecule has 37 heavy (non-hydrogen) atoms. The lowest BCUT2D eigenvalue weighted by molar-refractivity contribution is -0.139. The maximum atomic E-state index is 13.7. The van der Waals surface area contributed by atoms with Crippen LogP contribution in [-0.4, -0.2) is 89.1 Å². The van der Waals surface area contributed by atoms with Gasteiger partial charge in [-0.3, -0.25) is 19.3 Å². The van der Waals surface area contributed by atoms with Crippen LogP contribution in [0.3, 0.4) is 0 Å². The lowest BCUT2D eigenvalue weighted by Crippen LogP contribution is -2.56. The first-order valence-electron chi connectivity index (χ1n) is 12.9. The number of carbonyl (C=O) groups is 2. The Morgan fingerprint density at radius 3 is 2.46 bits per heavy atom. The van der Waals surface area contributed by atoms with Gasteiger partial charge in [0.1, 0.15) is 11.3 Å². The molecule has 1 aliphatic carbocycles. The molecule has 3 aliphatic rings. The highest BCUT2D eigenvalue weighted by atomic mass is 16.5. The van der Waals surface area contributed by atoms with Crippen LogP contribution in [0.25, 0.3) is 10.8 Å². The summed E-state index contributed by atoms with van der Waals surface area (Å²) in [5, 5.41) is 8.32. The van der Waals surface area contributed by atoms with Crippen molar-refractivity contribution in [2.45, 2.75) is 31.2 Å². The molecule has 192 valence electrons. The normalized spacial score (nSPS) is 18.1. The maximum Gasteiger partial charge on any atom is 0.272 e. The van der Waals surface area contributed by atoms with Crippen molar-refractivity contribution in [2.24, 2.45) is 0 Å². The van der Waals surface area contributed by atoms with Crippen LogP contribution in [-0.2, 0) is 17.6 Å². The van der Waals surface area contributed by atoms with Crippen LogP contribution >= 0.6 is 0 Å². The van der Waals surface area contributed by atoms with E-state index in [-0.39, 0.29) is 22.9 Å². The van der Waals surface area contributed by atoms with E-state index in [2.05, 4.69) is 16.3 Å². The van der Waals surface area contributed by atoms with Gasteiger partial charge < -0.3 is 14.5 Å². The Kier molecular flexibility index (Phi) is 5.75. The fourth-order valence-corrected chi connectivity index (χ4v) is 5.68. The van der Waals surface area contributed by atoms with Crippen LogP contribution in [0, 0.1) is 0 Å². The Hall–Kier alpha value is -3.72. The number of nitrogens with zero attached hydrogens (tertiary/aromatic N) is 4. The zero-order valence-corrected chi connectivity index (χ0v) is 21.2. The second-order valence-corrected chi connectivity index (χ2v) is 10.5. The van der Waals surface area contributed by atoms with Gasteiger partial charge >= 0.3 is 0 Å². The molecule has 1 saturated heterocycles. The molecule has 1 aromatic heterocycles. The third-order valence-electron chi connectivity index (χ3n) is 8.05. The molecule has 0 unspecified atom stereocenters. The molecule has 3 heterocycles. The quantitative estimate of drug-likeness (QED) is 0.573. The van der Waals surface area contributed by atoms with E-state index in [4.69, 9.17) is 4.74 Å². The molecular formula is C28H31N5O4. The number of benzene rings is 2. The number of likely N-dealkylation sites (N-methyl/N-ethyl adjacent to an activating group) is 1. The molecule has 1 saturated carbocycles. The molecular weight excluding hydrogens is 470 g/mol. The van der Waals surface area contributed by atoms with E-state index in [9.17, 15) is 14.4 Å². The Bertz CT molecular complexity index is 1450. The average molecular weight is 502 g/mol. The summed E-state index contributed by atoms with van der Waals surface area (Å²) in [6.07, 6.45) is 3.03. The van der Waals surface area contributed by atoms with Crippen LogP contribution in [0.15, 0.2) is 41.2 Å². The molecule has 0 spiro atoms. The molecule has 1 N–H and O–H groups in total. The minimum absolute atomic E-state index is 0.0693. The number of H-pyrrole nitrogens is 1. The lowest BCUT2D eigenvalue weighted by atomic mass is 9.98. The lowest BCUT2D eigenvalue weighted by Gasteiger charge is -2.38. The molecule has 0 atom stereocenters. The summed E-state index contributed by atoms with van der Waals surface area (Å²) < 4.78 is 5.89. The number of piperazine rings is 1. The smallest absolute Gasteiger partial charge is 0.272 e. The number of fused-ring (bicyclic) bond motifs is 2. The maximum absolute atomic E-state index is 13.7. The summed E-state index contributed by atoms with van der Waals surface area (Å²) in [6, 6.07) is 11.4. The number of carbonyl (C=O) groups excluding carboxylic acids is 2. The Labute approximate surface area is 215 Å². The number of aromatic amines is 1. The minimum Gasteiger partial charge on any atom is -0.492 e. The molecule has 2 fully saturated rings. The van der Waals surface area contributed by atoms with Gasteiger partial charge in [0, 0.05) is 44.4 Å². The van der Waals surface area contributed by atoms with Gasteiger partial charge in [-0.15, -0.1) is 0 Å². The SMILES string of the molecule is CN(C)C1(C(=O)N2CCN(C(=O)c3cc(Cc4n[nH]c(=O)c5ccccc45)cc4c3OCC4)CC2)CC1. The van der Waals surface area contributed by atoms with Gasteiger partial charge in [0.15, 0.2) is 0 Å². The van der Waals surface area contributed by atoms with Crippen molar-refractivity contribution in [2.75, 3.05) is 46.9 Å². The largest absolute Gasteiger partial charge is 0.492 e. The molecule has 2 aromatic carbocycles. The van der Waals surface area contributed by atoms with Gasteiger partial charge in [0.05, 0.1) is 23.3 Å². The van der Waals surface area contributed by atoms with Gasteiger partial charge in [-0.05, 0) is 50.2 Å². The number of hydrogen-bond acceptors (Lipinski definition) is 6. The van der Waals surface area contributed by atoms with Crippen molar-refractivity contribution < 1.29 is 14.3 Å². The summed E-state index contributed by atoms with van der Waals surface area (Å²) in [6.45, 7) is 2.62. The monoisotopic (exact) mass is 501 g/mol. The number of rotatable bonds is 5. The highest BCUT2D eigenvalue weighted by Crippen LogP contribution is 2.42. The van der Waals surface area contributed by atoms with Crippen LogP contribution in [0.4, 0.5) is 0 Å². The van der Waals surface area contributed by atoms with Crippen LogP contribution in [0.5, 0.6) is 5.75 Å². The highest BCUT2D eigenvalue weighted by Gasteiger charge is 2.53. The summed E-state index contributed by atoms with van der Waals surface area (Å²) in [7, 11) is 3.92. The number of ether oxygens (including phenoxy) is 1. The second-order valence-electron chi connectivity index (χ2n) is 10.5. The predicted octanol–water partition coefficient (Wildman–Crippen LogP) is 1.83. The Balaban J connectivity index is 1.23. The van der Waals surface area contributed by atoms with E-state index in [1.807, 2.05) is 53.1 Å². The van der Waals surface area contributed by atoms with E-state index in [1.54, 1.807) is 6.07 Å². The molecule has 3 aromatic rings. The first kappa shape index (κ1) is 23.7. The molecule has 9 heteroatoms. The van der Waals surface area contributed by atoms with Gasteiger partial charge in [-0.25, -0.2) is 5.10 Å². The molecule has 9 nitrogen and oxygen atoms in total. The Morgan fingerprint density at radius 1 is 1.05 bits per heavy atom. The predicted molar refractivity (Wildman–Crippen MR) is 139 cm³/mol. The first-order chi connectivity index (χ1) is 17.9. The van der Waals surface area contributed by atoms with E-state index in [1.165, 1.54) is 0 Å². The number of aromatic nitrogens is 2. The first-order valence-corrected chi connectivity index (χ1v) is 12.9. The number of nitrogens with one attached hydrogen (secondary N) is 1. The highest BCUT2D eigenvalue weighted by molar-refractivity contribution is 5.98. The summed E-state index contributed by atoms with van der Waals surface area (Å²) in [5.74, 6) is 0.771. The van der Waals surface area contributed by atoms with E-state index in [0.717, 1.165) is 41.5 Å². The molecule has 0 radical (unpaired) electrons. The average Bonchev–Trinajstić information content (AvgIpc) is 3.61. The second kappa shape index (κ2) is 8.99. The zero-order chi connectivity index (χ0) is 25.7. The number of amides is 2. The van der Waals surface area contributed by atoms with Gasteiger partial charge in [0.2, 0.25) is 5.91 Å². The summed E-state index contributed by atoms with van der Waals surface area (Å²) in [5.41, 5.74) is 2.72. The van der Waals surface area contributed by atoms with Gasteiger partial charge in [-0.2, -0.15) is 5.10 Å². The van der Waals surface area contributed by atoms with E-state index in [0.29, 0.717) is 55.9 Å². The number of hydrogen-bond donors (Lipinski definition) is 1. The third-order valence-corrected chi connectivity index (χ3v) is 8.05. The van der Waals surface area contributed by atoms with Crippen molar-refractivity contribution in [3.8, 4) is 5.75 Å². The van der Waals surface area contributed by atoms with Crippen molar-refractivity contribution in [3.05, 3.63) is 69.1 Å². The van der Waals surface area contributed by atoms with Crippen LogP contribution in [0.1, 0.15) is 40.0 Å². The molecule has 0 bridgehead atoms. The fourth-order valence-electron chi connectivity index (χ4n) is 5.68. The van der Waals surface area contributed by atoms with E-state index < -0.39 is 0 Å². The molecule has 2 amide bonds. The van der Waals surface area contributed by atoms with Crippen LogP contribution < -0.4 is 10.3 Å². The summed E-state index contributed by atoms with van der Waals surface area (Å²) >= 11 is 0. The van der Waals surface area contributed by atoms with Crippen molar-refractivity contribution in [1.82, 2.24) is 24.9 Å². The Morgan fingerprint density at radius 2 is 1.76 bits per heavy atom. The van der Waals surface area contributed by atoms with Crippen LogP contribution in [0.2, 0.25) is 0 Å². The summed E-state index contributed by atoms with van der Waals surface area (Å²) in [4.78, 5) is 44.7. The third kappa shape index (κ3) is 4.07. The van der Waals surface area contributed by atoms with Gasteiger partial charge in [0.25, 0.3) is 11.5 Å².